The summed E-state index contributed by atoms with van der Waals surface area (Å²) >= 11 is 0. The Bertz CT molecular complexity index is 420. The van der Waals surface area contributed by atoms with Crippen LogP contribution in [0.3, 0.4) is 0 Å². The van der Waals surface area contributed by atoms with Gasteiger partial charge in [-0.3, -0.25) is 0 Å². The summed E-state index contributed by atoms with van der Waals surface area (Å²) in [5.74, 6) is 3.03. The van der Waals surface area contributed by atoms with E-state index in [0.717, 1.165) is 24.2 Å². The number of hydrogen-bond acceptors (Lipinski definition) is 1. The summed E-state index contributed by atoms with van der Waals surface area (Å²) in [7, 11) is 0. The first kappa shape index (κ1) is 22.1. The molecule has 0 amide bonds. The van der Waals surface area contributed by atoms with Gasteiger partial charge in [-0.25, -0.2) is 0 Å². The van der Waals surface area contributed by atoms with Crippen LogP contribution >= 0.6 is 0 Å². The van der Waals surface area contributed by atoms with E-state index in [9.17, 15) is 5.11 Å². The molecule has 25 heavy (non-hydrogen) atoms. The molecule has 2 atom stereocenters. The average Bonchev–Trinajstić information content (AvgIpc) is 2.56. The van der Waals surface area contributed by atoms with E-state index in [-0.39, 0.29) is 0 Å². The van der Waals surface area contributed by atoms with Crippen LogP contribution in [0.15, 0.2) is 24.3 Å². The SMILES string of the molecule is CC(C)CCCC(C)CCCC(C)CCCCCc1ccc(O)cc1. The van der Waals surface area contributed by atoms with Crippen LogP contribution in [0, 0.1) is 17.8 Å². The molecule has 2 unspecified atom stereocenters. The van der Waals surface area contributed by atoms with Crippen molar-refractivity contribution in [2.24, 2.45) is 17.8 Å². The molecule has 0 saturated heterocycles. The molecule has 0 aliphatic heterocycles. The van der Waals surface area contributed by atoms with Gasteiger partial charge in [0.1, 0.15) is 5.75 Å². The topological polar surface area (TPSA) is 20.2 Å². The van der Waals surface area contributed by atoms with Gasteiger partial charge < -0.3 is 5.11 Å². The molecule has 144 valence electrons. The van der Waals surface area contributed by atoms with Gasteiger partial charge in [-0.15, -0.1) is 0 Å². The fraction of sp³-hybridized carbons (Fsp3) is 0.750. The first-order valence-electron chi connectivity index (χ1n) is 10.7. The molecule has 1 N–H and O–H groups in total. The maximum Gasteiger partial charge on any atom is 0.115 e. The highest BCUT2D eigenvalue weighted by atomic mass is 16.3. The Morgan fingerprint density at radius 1 is 0.640 bits per heavy atom. The number of unbranched alkanes of at least 4 members (excludes halogenated alkanes) is 2. The Kier molecular flexibility index (Phi) is 11.7. The molecule has 1 rings (SSSR count). The van der Waals surface area contributed by atoms with Crippen LogP contribution in [0.25, 0.3) is 0 Å². The van der Waals surface area contributed by atoms with Gasteiger partial charge in [0.2, 0.25) is 0 Å². The second-order valence-electron chi connectivity index (χ2n) is 8.73. The number of phenolic OH excluding ortho intramolecular Hbond substituents is 1. The maximum absolute atomic E-state index is 9.30. The summed E-state index contributed by atoms with van der Waals surface area (Å²) < 4.78 is 0. The monoisotopic (exact) mass is 346 g/mol. The second kappa shape index (κ2) is 13.3. The van der Waals surface area contributed by atoms with Gasteiger partial charge in [-0.1, -0.05) is 97.6 Å². The third kappa shape index (κ3) is 12.1. The Morgan fingerprint density at radius 2 is 1.16 bits per heavy atom. The summed E-state index contributed by atoms with van der Waals surface area (Å²) in [6, 6.07) is 7.67. The third-order valence-electron chi connectivity index (χ3n) is 5.47. The van der Waals surface area contributed by atoms with Crippen molar-refractivity contribution in [3.63, 3.8) is 0 Å². The molecule has 1 nitrogen and oxygen atoms in total. The predicted molar refractivity (Wildman–Crippen MR) is 111 cm³/mol. The molecule has 0 radical (unpaired) electrons. The molecule has 0 fully saturated rings. The van der Waals surface area contributed by atoms with Crippen LogP contribution in [0.2, 0.25) is 0 Å². The lowest BCUT2D eigenvalue weighted by molar-refractivity contribution is 0.386. The van der Waals surface area contributed by atoms with Crippen molar-refractivity contribution in [1.29, 1.82) is 0 Å². The number of hydrogen-bond donors (Lipinski definition) is 1. The van der Waals surface area contributed by atoms with Crippen molar-refractivity contribution in [2.75, 3.05) is 0 Å². The summed E-state index contributed by atoms with van der Waals surface area (Å²) in [6.07, 6.45) is 15.0. The van der Waals surface area contributed by atoms with E-state index in [1.165, 1.54) is 69.8 Å². The van der Waals surface area contributed by atoms with E-state index < -0.39 is 0 Å². The number of aromatic hydroxyl groups is 1. The Balaban J connectivity index is 1.96. The standard InChI is InChI=1S/C24H42O/c1-20(2)10-8-12-22(4)14-9-13-21(3)11-6-5-7-15-23-16-18-24(25)19-17-23/h16-22,25H,5-15H2,1-4H3. The second-order valence-corrected chi connectivity index (χ2v) is 8.73. The summed E-state index contributed by atoms with van der Waals surface area (Å²) in [6.45, 7) is 9.53. The largest absolute Gasteiger partial charge is 0.508 e. The van der Waals surface area contributed by atoms with Crippen LogP contribution in [0.4, 0.5) is 0 Å². The smallest absolute Gasteiger partial charge is 0.115 e. The molecular weight excluding hydrogens is 304 g/mol. The van der Waals surface area contributed by atoms with E-state index in [0.29, 0.717) is 5.75 Å². The van der Waals surface area contributed by atoms with Gasteiger partial charge >= 0.3 is 0 Å². The fourth-order valence-corrected chi connectivity index (χ4v) is 3.64. The lowest BCUT2D eigenvalue weighted by Crippen LogP contribution is -2.00. The van der Waals surface area contributed by atoms with Gasteiger partial charge in [-0.05, 0) is 48.3 Å². The summed E-state index contributed by atoms with van der Waals surface area (Å²) in [5, 5.41) is 9.30. The molecule has 0 aliphatic rings. The molecule has 0 saturated carbocycles. The molecular formula is C24H42O. The quantitative estimate of drug-likeness (QED) is 0.341. The number of phenols is 1. The molecule has 0 spiro atoms. The summed E-state index contributed by atoms with van der Waals surface area (Å²) in [4.78, 5) is 0. The molecule has 1 aromatic rings. The minimum absolute atomic E-state index is 0.367. The zero-order chi connectivity index (χ0) is 18.5. The van der Waals surface area contributed by atoms with Gasteiger partial charge in [0.15, 0.2) is 0 Å². The normalized spacial score (nSPS) is 14.0. The van der Waals surface area contributed by atoms with Crippen molar-refractivity contribution in [3.8, 4) is 5.75 Å². The zero-order valence-corrected chi connectivity index (χ0v) is 17.3. The number of benzene rings is 1. The highest BCUT2D eigenvalue weighted by Crippen LogP contribution is 2.22. The molecule has 1 aromatic carbocycles. The third-order valence-corrected chi connectivity index (χ3v) is 5.47. The van der Waals surface area contributed by atoms with Gasteiger partial charge in [0, 0.05) is 0 Å². The van der Waals surface area contributed by atoms with Crippen LogP contribution in [0.1, 0.15) is 97.5 Å². The van der Waals surface area contributed by atoms with Gasteiger partial charge in [0.05, 0.1) is 0 Å². The minimum atomic E-state index is 0.367. The maximum atomic E-state index is 9.30. The van der Waals surface area contributed by atoms with E-state index in [1.54, 1.807) is 12.1 Å². The Morgan fingerprint density at radius 3 is 1.72 bits per heavy atom. The first-order valence-corrected chi connectivity index (χ1v) is 10.7. The Hall–Kier alpha value is -0.980. The highest BCUT2D eigenvalue weighted by molar-refractivity contribution is 5.25. The van der Waals surface area contributed by atoms with Crippen molar-refractivity contribution in [2.45, 2.75) is 98.3 Å². The van der Waals surface area contributed by atoms with Crippen molar-refractivity contribution < 1.29 is 5.11 Å². The molecule has 0 aromatic heterocycles. The van der Waals surface area contributed by atoms with Crippen molar-refractivity contribution in [1.82, 2.24) is 0 Å². The molecule has 0 bridgehead atoms. The lowest BCUT2D eigenvalue weighted by Gasteiger charge is -2.15. The van der Waals surface area contributed by atoms with Gasteiger partial charge in [0.25, 0.3) is 0 Å². The molecule has 0 heterocycles. The minimum Gasteiger partial charge on any atom is -0.508 e. The zero-order valence-electron chi connectivity index (χ0n) is 17.3. The lowest BCUT2D eigenvalue weighted by atomic mass is 9.91. The number of rotatable bonds is 14. The van der Waals surface area contributed by atoms with Crippen LogP contribution in [0.5, 0.6) is 5.75 Å². The fourth-order valence-electron chi connectivity index (χ4n) is 3.64. The van der Waals surface area contributed by atoms with E-state index in [4.69, 9.17) is 0 Å². The average molecular weight is 347 g/mol. The summed E-state index contributed by atoms with van der Waals surface area (Å²) in [5.41, 5.74) is 1.34. The highest BCUT2D eigenvalue weighted by Gasteiger charge is 2.06. The van der Waals surface area contributed by atoms with E-state index >= 15 is 0 Å². The van der Waals surface area contributed by atoms with Crippen LogP contribution in [-0.2, 0) is 6.42 Å². The van der Waals surface area contributed by atoms with E-state index in [1.807, 2.05) is 12.1 Å². The first-order chi connectivity index (χ1) is 12.0. The molecule has 0 aliphatic carbocycles. The van der Waals surface area contributed by atoms with Crippen molar-refractivity contribution >= 4 is 0 Å². The number of aryl methyl sites for hydroxylation is 1. The van der Waals surface area contributed by atoms with Crippen LogP contribution < -0.4 is 0 Å². The van der Waals surface area contributed by atoms with Crippen LogP contribution in [-0.4, -0.2) is 5.11 Å². The molecule has 1 heteroatoms. The van der Waals surface area contributed by atoms with E-state index in [2.05, 4.69) is 27.7 Å². The van der Waals surface area contributed by atoms with Crippen molar-refractivity contribution in [3.05, 3.63) is 29.8 Å². The Labute approximate surface area is 157 Å². The predicted octanol–water partition coefficient (Wildman–Crippen LogP) is 7.76. The van der Waals surface area contributed by atoms with Gasteiger partial charge in [-0.2, -0.15) is 0 Å².